The Morgan fingerprint density at radius 1 is 1.47 bits per heavy atom. The molecule has 0 aliphatic heterocycles. The average molecular weight is 466 g/mol. The first-order valence-electron chi connectivity index (χ1n) is 3.57. The van der Waals surface area contributed by atoms with Gasteiger partial charge in [-0.3, -0.25) is 0 Å². The number of rotatable bonds is 2. The van der Waals surface area contributed by atoms with Crippen molar-refractivity contribution in [2.75, 3.05) is 0 Å². The van der Waals surface area contributed by atoms with E-state index >= 15 is 0 Å². The highest BCUT2D eigenvalue weighted by molar-refractivity contribution is 14.1. The van der Waals surface area contributed by atoms with Gasteiger partial charge in [-0.2, -0.15) is 0 Å². The van der Waals surface area contributed by atoms with Crippen LogP contribution in [0.2, 0.25) is 0 Å². The molecule has 1 heterocycles. The smallest absolute Gasteiger partial charge is 0.387 e. The van der Waals surface area contributed by atoms with Crippen molar-refractivity contribution in [2.45, 2.75) is 11.3 Å². The molecule has 0 bridgehead atoms. The summed E-state index contributed by atoms with van der Waals surface area (Å²) in [5.41, 5.74) is 0. The average Bonchev–Trinajstić information content (AvgIpc) is 2.08. The first-order valence-corrected chi connectivity index (χ1v) is 7.75. The topological polar surface area (TPSA) is 56.3 Å². The van der Waals surface area contributed by atoms with Crippen molar-refractivity contribution in [3.63, 3.8) is 0 Å². The first kappa shape index (κ1) is 15.2. The SMILES string of the molecule is O=S(=O)(Cl)c1cnc(OC(F)(F)F)c(I)c1Br. The molecule has 0 unspecified atom stereocenters. The van der Waals surface area contributed by atoms with Crippen molar-refractivity contribution in [1.82, 2.24) is 4.98 Å². The van der Waals surface area contributed by atoms with Crippen LogP contribution in [0.5, 0.6) is 5.88 Å². The summed E-state index contributed by atoms with van der Waals surface area (Å²) in [6.07, 6.45) is -4.23. The maximum absolute atomic E-state index is 12.0. The fourth-order valence-electron chi connectivity index (χ4n) is 0.783. The van der Waals surface area contributed by atoms with Crippen molar-refractivity contribution in [3.05, 3.63) is 14.2 Å². The van der Waals surface area contributed by atoms with Gasteiger partial charge in [-0.25, -0.2) is 13.4 Å². The minimum absolute atomic E-state index is 0.137. The summed E-state index contributed by atoms with van der Waals surface area (Å²) >= 11 is 4.27. The van der Waals surface area contributed by atoms with E-state index in [0.29, 0.717) is 6.20 Å². The number of hydrogen-bond acceptors (Lipinski definition) is 4. The molecule has 0 radical (unpaired) electrons. The zero-order valence-corrected chi connectivity index (χ0v) is 12.7. The summed E-state index contributed by atoms with van der Waals surface area (Å²) in [5.74, 6) is -0.756. The van der Waals surface area contributed by atoms with Crippen LogP contribution < -0.4 is 4.74 Å². The molecule has 1 rings (SSSR count). The molecule has 0 fully saturated rings. The summed E-state index contributed by atoms with van der Waals surface area (Å²) in [6, 6.07) is 0. The molecule has 1 aromatic heterocycles. The number of alkyl halides is 3. The van der Waals surface area contributed by atoms with Crippen molar-refractivity contribution >= 4 is 58.3 Å². The van der Waals surface area contributed by atoms with Gasteiger partial charge < -0.3 is 4.74 Å². The number of halogens is 6. The predicted molar refractivity (Wildman–Crippen MR) is 64.4 cm³/mol. The number of pyridine rings is 1. The number of nitrogens with zero attached hydrogens (tertiary/aromatic N) is 1. The molecule has 17 heavy (non-hydrogen) atoms. The van der Waals surface area contributed by atoms with Crippen LogP contribution in [0, 0.1) is 3.57 Å². The van der Waals surface area contributed by atoms with E-state index in [-0.39, 0.29) is 8.04 Å². The molecule has 0 amide bonds. The van der Waals surface area contributed by atoms with Crippen LogP contribution in [0.25, 0.3) is 0 Å². The standard InChI is InChI=1S/C6HBrClF3INO3S/c7-3-2(17(8,14)15)1-13-5(4(3)12)16-6(9,10)11/h1H. The Morgan fingerprint density at radius 2 is 2.00 bits per heavy atom. The molecule has 0 aliphatic carbocycles. The first-order chi connectivity index (χ1) is 7.52. The van der Waals surface area contributed by atoms with Crippen LogP contribution in [0.3, 0.4) is 0 Å². The van der Waals surface area contributed by atoms with Gasteiger partial charge in [0.05, 0.1) is 14.2 Å². The minimum Gasteiger partial charge on any atom is -0.387 e. The lowest BCUT2D eigenvalue weighted by atomic mass is 10.5. The Hall–Kier alpha value is 0.190. The van der Waals surface area contributed by atoms with Gasteiger partial charge in [0, 0.05) is 10.7 Å². The molecular formula is C6HBrClF3INO3S. The minimum atomic E-state index is -4.91. The highest BCUT2D eigenvalue weighted by Gasteiger charge is 2.34. The van der Waals surface area contributed by atoms with Crippen LogP contribution in [0.15, 0.2) is 15.6 Å². The van der Waals surface area contributed by atoms with E-state index in [4.69, 9.17) is 10.7 Å². The molecule has 4 nitrogen and oxygen atoms in total. The van der Waals surface area contributed by atoms with E-state index in [1.807, 2.05) is 0 Å². The zero-order chi connectivity index (χ0) is 13.4. The third-order valence-electron chi connectivity index (χ3n) is 1.37. The van der Waals surface area contributed by atoms with Crippen LogP contribution in [-0.2, 0) is 9.05 Å². The predicted octanol–water partition coefficient (Wildman–Crippen LogP) is 3.27. The third kappa shape index (κ3) is 4.10. The highest BCUT2D eigenvalue weighted by Crippen LogP contribution is 2.35. The molecule has 0 aromatic carbocycles. The van der Waals surface area contributed by atoms with Crippen LogP contribution >= 0.6 is 49.2 Å². The summed E-state index contributed by atoms with van der Waals surface area (Å²) in [7, 11) is 0.962. The Labute approximate surface area is 120 Å². The van der Waals surface area contributed by atoms with Gasteiger partial charge in [-0.05, 0) is 38.5 Å². The number of aromatic nitrogens is 1. The van der Waals surface area contributed by atoms with Crippen LogP contribution in [0.4, 0.5) is 13.2 Å². The van der Waals surface area contributed by atoms with Gasteiger partial charge in [0.25, 0.3) is 9.05 Å². The van der Waals surface area contributed by atoms with Gasteiger partial charge >= 0.3 is 6.36 Å². The second-order valence-corrected chi connectivity index (χ2v) is 6.95. The van der Waals surface area contributed by atoms with E-state index in [1.165, 1.54) is 22.6 Å². The lowest BCUT2D eigenvalue weighted by molar-refractivity contribution is -0.276. The third-order valence-corrected chi connectivity index (χ3v) is 5.53. The maximum Gasteiger partial charge on any atom is 0.574 e. The summed E-state index contributed by atoms with van der Waals surface area (Å²) in [5, 5.41) is 0. The molecule has 0 atom stereocenters. The maximum atomic E-state index is 12.0. The van der Waals surface area contributed by atoms with Crippen molar-refractivity contribution in [1.29, 1.82) is 0 Å². The quantitative estimate of drug-likeness (QED) is 0.496. The lowest BCUT2D eigenvalue weighted by Crippen LogP contribution is -2.19. The molecular weight excluding hydrogens is 465 g/mol. The van der Waals surface area contributed by atoms with Gasteiger partial charge in [-0.1, -0.05) is 0 Å². The Kier molecular flexibility index (Phi) is 4.53. The van der Waals surface area contributed by atoms with Gasteiger partial charge in [0.15, 0.2) is 0 Å². The van der Waals surface area contributed by atoms with Gasteiger partial charge in [0.2, 0.25) is 5.88 Å². The molecule has 0 spiro atoms. The molecule has 0 N–H and O–H groups in total. The van der Waals surface area contributed by atoms with E-state index in [0.717, 1.165) is 0 Å². The molecule has 1 aromatic rings. The molecule has 0 aliphatic rings. The summed E-state index contributed by atoms with van der Waals surface area (Å²) < 4.78 is 61.3. The summed E-state index contributed by atoms with van der Waals surface area (Å²) in [6.45, 7) is 0. The molecule has 11 heteroatoms. The second-order valence-electron chi connectivity index (χ2n) is 2.54. The van der Waals surface area contributed by atoms with Crippen molar-refractivity contribution < 1.29 is 26.3 Å². The normalized spacial score (nSPS) is 12.6. The molecule has 0 saturated carbocycles. The summed E-state index contributed by atoms with van der Waals surface area (Å²) in [4.78, 5) is 2.82. The largest absolute Gasteiger partial charge is 0.574 e. The van der Waals surface area contributed by atoms with E-state index in [9.17, 15) is 21.6 Å². The van der Waals surface area contributed by atoms with E-state index in [2.05, 4.69) is 25.7 Å². The van der Waals surface area contributed by atoms with Gasteiger partial charge in [-0.15, -0.1) is 13.2 Å². The van der Waals surface area contributed by atoms with Crippen LogP contribution in [-0.4, -0.2) is 19.8 Å². The molecule has 0 saturated heterocycles. The van der Waals surface area contributed by atoms with Crippen molar-refractivity contribution in [3.8, 4) is 5.88 Å². The fraction of sp³-hybridized carbons (Fsp3) is 0.167. The van der Waals surface area contributed by atoms with E-state index < -0.39 is 26.2 Å². The van der Waals surface area contributed by atoms with Gasteiger partial charge in [0.1, 0.15) is 4.90 Å². The second kappa shape index (κ2) is 5.05. The lowest BCUT2D eigenvalue weighted by Gasteiger charge is -2.11. The van der Waals surface area contributed by atoms with Crippen LogP contribution in [0.1, 0.15) is 0 Å². The molecule has 96 valence electrons. The van der Waals surface area contributed by atoms with Crippen molar-refractivity contribution in [2.24, 2.45) is 0 Å². The Balaban J connectivity index is 3.30. The number of hydrogen-bond donors (Lipinski definition) is 0. The Bertz CT molecular complexity index is 550. The Morgan fingerprint density at radius 3 is 2.41 bits per heavy atom. The highest BCUT2D eigenvalue weighted by atomic mass is 127. The number of ether oxygens (including phenoxy) is 1. The monoisotopic (exact) mass is 465 g/mol. The zero-order valence-electron chi connectivity index (χ0n) is 7.43. The van der Waals surface area contributed by atoms with E-state index in [1.54, 1.807) is 0 Å². The fourth-order valence-corrected chi connectivity index (χ4v) is 3.54.